The molecule has 0 atom stereocenters. The molecule has 0 spiro atoms. The van der Waals surface area contributed by atoms with Crippen molar-refractivity contribution in [1.82, 2.24) is 9.97 Å². The van der Waals surface area contributed by atoms with E-state index < -0.39 is 11.8 Å². The molecule has 1 aromatic carbocycles. The SMILES string of the molecule is COC(=O)c1ncnc(-c2ccc(OC)cc2)c1F. The van der Waals surface area contributed by atoms with Crippen LogP contribution in [0.4, 0.5) is 4.39 Å². The fraction of sp³-hybridized carbons (Fsp3) is 0.154. The number of halogens is 1. The van der Waals surface area contributed by atoms with E-state index in [-0.39, 0.29) is 11.4 Å². The van der Waals surface area contributed by atoms with Gasteiger partial charge in [-0.1, -0.05) is 0 Å². The maximum atomic E-state index is 14.1. The van der Waals surface area contributed by atoms with Crippen LogP contribution < -0.4 is 4.74 Å². The van der Waals surface area contributed by atoms with E-state index in [1.54, 1.807) is 24.3 Å². The Balaban J connectivity index is 2.47. The maximum Gasteiger partial charge on any atom is 0.359 e. The van der Waals surface area contributed by atoms with E-state index in [1.807, 2.05) is 0 Å². The van der Waals surface area contributed by atoms with Gasteiger partial charge in [-0.05, 0) is 24.3 Å². The van der Waals surface area contributed by atoms with Crippen LogP contribution in [0.3, 0.4) is 0 Å². The molecule has 2 aromatic rings. The molecular formula is C13H11FN2O3. The van der Waals surface area contributed by atoms with Gasteiger partial charge in [-0.15, -0.1) is 0 Å². The van der Waals surface area contributed by atoms with Gasteiger partial charge in [0.1, 0.15) is 17.8 Å². The number of ether oxygens (including phenoxy) is 2. The van der Waals surface area contributed by atoms with Crippen LogP contribution in [0.15, 0.2) is 30.6 Å². The summed E-state index contributed by atoms with van der Waals surface area (Å²) in [4.78, 5) is 18.8. The first kappa shape index (κ1) is 12.9. The van der Waals surface area contributed by atoms with Gasteiger partial charge >= 0.3 is 5.97 Å². The molecule has 6 heteroatoms. The highest BCUT2D eigenvalue weighted by Crippen LogP contribution is 2.24. The van der Waals surface area contributed by atoms with E-state index >= 15 is 0 Å². The number of aromatic nitrogens is 2. The fourth-order valence-corrected chi connectivity index (χ4v) is 1.56. The third-order valence-electron chi connectivity index (χ3n) is 2.53. The zero-order chi connectivity index (χ0) is 13.8. The number of carbonyl (C=O) groups is 1. The van der Waals surface area contributed by atoms with Gasteiger partial charge in [0.15, 0.2) is 11.5 Å². The minimum atomic E-state index is -0.838. The first-order chi connectivity index (χ1) is 9.17. The Labute approximate surface area is 109 Å². The molecule has 98 valence electrons. The standard InChI is InChI=1S/C13H11FN2O3/c1-18-9-5-3-8(4-6-9)11-10(14)12(13(17)19-2)16-7-15-11/h3-7H,1-2H3. The third kappa shape index (κ3) is 2.52. The van der Waals surface area contributed by atoms with Gasteiger partial charge in [-0.25, -0.2) is 19.2 Å². The molecule has 2 rings (SSSR count). The van der Waals surface area contributed by atoms with Crippen LogP contribution in [0.25, 0.3) is 11.3 Å². The van der Waals surface area contributed by atoms with Crippen LogP contribution in [0.2, 0.25) is 0 Å². The van der Waals surface area contributed by atoms with Crippen LogP contribution in [-0.2, 0) is 4.74 Å². The summed E-state index contributed by atoms with van der Waals surface area (Å²) in [7, 11) is 2.70. The summed E-state index contributed by atoms with van der Waals surface area (Å²) in [5.41, 5.74) is 0.173. The van der Waals surface area contributed by atoms with Crippen molar-refractivity contribution < 1.29 is 18.7 Å². The second-order valence-electron chi connectivity index (χ2n) is 3.60. The smallest absolute Gasteiger partial charge is 0.359 e. The van der Waals surface area contributed by atoms with Gasteiger partial charge in [0.2, 0.25) is 0 Å². The number of nitrogens with zero attached hydrogens (tertiary/aromatic N) is 2. The zero-order valence-corrected chi connectivity index (χ0v) is 10.4. The topological polar surface area (TPSA) is 61.3 Å². The predicted octanol–water partition coefficient (Wildman–Crippen LogP) is 2.08. The van der Waals surface area contributed by atoms with Gasteiger partial charge in [0.25, 0.3) is 0 Å². The number of esters is 1. The summed E-state index contributed by atoms with van der Waals surface area (Å²) in [6.45, 7) is 0. The quantitative estimate of drug-likeness (QED) is 0.792. The Hall–Kier alpha value is -2.50. The number of methoxy groups -OCH3 is 2. The van der Waals surface area contributed by atoms with E-state index in [9.17, 15) is 9.18 Å². The summed E-state index contributed by atoms with van der Waals surface area (Å²) in [6.07, 6.45) is 1.12. The van der Waals surface area contributed by atoms with Crippen LogP contribution in [0.5, 0.6) is 5.75 Å². The molecule has 0 saturated carbocycles. The average molecular weight is 262 g/mol. The van der Waals surface area contributed by atoms with Crippen molar-refractivity contribution in [3.63, 3.8) is 0 Å². The first-order valence-electron chi connectivity index (χ1n) is 5.40. The normalized spacial score (nSPS) is 10.1. The number of hydrogen-bond acceptors (Lipinski definition) is 5. The van der Waals surface area contributed by atoms with E-state index in [1.165, 1.54) is 7.11 Å². The molecule has 0 bridgehead atoms. The molecule has 1 aromatic heterocycles. The Morgan fingerprint density at radius 1 is 1.16 bits per heavy atom. The molecule has 0 unspecified atom stereocenters. The highest BCUT2D eigenvalue weighted by atomic mass is 19.1. The average Bonchev–Trinajstić information content (AvgIpc) is 2.47. The molecule has 1 heterocycles. The third-order valence-corrected chi connectivity index (χ3v) is 2.53. The monoisotopic (exact) mass is 262 g/mol. The fourth-order valence-electron chi connectivity index (χ4n) is 1.56. The molecule has 0 amide bonds. The van der Waals surface area contributed by atoms with Gasteiger partial charge in [-0.2, -0.15) is 0 Å². The molecule has 19 heavy (non-hydrogen) atoms. The summed E-state index contributed by atoms with van der Waals surface area (Å²) < 4.78 is 23.6. The largest absolute Gasteiger partial charge is 0.497 e. The summed E-state index contributed by atoms with van der Waals surface area (Å²) >= 11 is 0. The number of benzene rings is 1. The Kier molecular flexibility index (Phi) is 3.70. The van der Waals surface area contributed by atoms with E-state index in [4.69, 9.17) is 4.74 Å². The molecule has 0 saturated heterocycles. The molecule has 0 fully saturated rings. The van der Waals surface area contributed by atoms with E-state index in [0.29, 0.717) is 11.3 Å². The molecular weight excluding hydrogens is 251 g/mol. The molecule has 0 aliphatic rings. The maximum absolute atomic E-state index is 14.1. The van der Waals surface area contributed by atoms with Gasteiger partial charge in [-0.3, -0.25) is 0 Å². The number of hydrogen-bond donors (Lipinski definition) is 0. The van der Waals surface area contributed by atoms with Crippen molar-refractivity contribution in [3.8, 4) is 17.0 Å². The van der Waals surface area contributed by atoms with E-state index in [2.05, 4.69) is 14.7 Å². The lowest BCUT2D eigenvalue weighted by Crippen LogP contribution is -2.09. The molecule has 0 aliphatic carbocycles. The van der Waals surface area contributed by atoms with Crippen molar-refractivity contribution in [2.45, 2.75) is 0 Å². The minimum Gasteiger partial charge on any atom is -0.497 e. The van der Waals surface area contributed by atoms with Gasteiger partial charge in [0, 0.05) is 5.56 Å². The van der Waals surface area contributed by atoms with Crippen molar-refractivity contribution in [2.75, 3.05) is 14.2 Å². The van der Waals surface area contributed by atoms with Crippen LogP contribution in [-0.4, -0.2) is 30.2 Å². The van der Waals surface area contributed by atoms with Crippen LogP contribution in [0, 0.1) is 5.82 Å². The molecule has 5 nitrogen and oxygen atoms in total. The first-order valence-corrected chi connectivity index (χ1v) is 5.40. The Bertz CT molecular complexity index is 599. The van der Waals surface area contributed by atoms with Crippen LogP contribution in [0.1, 0.15) is 10.5 Å². The van der Waals surface area contributed by atoms with Crippen molar-refractivity contribution in [2.24, 2.45) is 0 Å². The van der Waals surface area contributed by atoms with Crippen molar-refractivity contribution in [3.05, 3.63) is 42.1 Å². The summed E-state index contributed by atoms with van der Waals surface area (Å²) in [5, 5.41) is 0. The Morgan fingerprint density at radius 2 is 1.84 bits per heavy atom. The van der Waals surface area contributed by atoms with Crippen LogP contribution >= 0.6 is 0 Å². The lowest BCUT2D eigenvalue weighted by atomic mass is 10.1. The summed E-state index contributed by atoms with van der Waals surface area (Å²) in [6, 6.07) is 6.64. The zero-order valence-electron chi connectivity index (χ0n) is 10.4. The highest BCUT2D eigenvalue weighted by molar-refractivity contribution is 5.88. The lowest BCUT2D eigenvalue weighted by Gasteiger charge is -2.06. The van der Waals surface area contributed by atoms with Gasteiger partial charge < -0.3 is 9.47 Å². The van der Waals surface area contributed by atoms with Gasteiger partial charge in [0.05, 0.1) is 14.2 Å². The van der Waals surface area contributed by atoms with Crippen molar-refractivity contribution in [1.29, 1.82) is 0 Å². The number of rotatable bonds is 3. The Morgan fingerprint density at radius 3 is 2.42 bits per heavy atom. The second-order valence-corrected chi connectivity index (χ2v) is 3.60. The summed E-state index contributed by atoms with van der Waals surface area (Å²) in [5.74, 6) is -0.999. The number of carbonyl (C=O) groups excluding carboxylic acids is 1. The van der Waals surface area contributed by atoms with E-state index in [0.717, 1.165) is 13.4 Å². The molecule has 0 radical (unpaired) electrons. The predicted molar refractivity (Wildman–Crippen MR) is 65.3 cm³/mol. The highest BCUT2D eigenvalue weighted by Gasteiger charge is 2.19. The molecule has 0 N–H and O–H groups in total. The molecule has 0 aliphatic heterocycles. The minimum absolute atomic E-state index is 0.0399. The second kappa shape index (κ2) is 5.43. The lowest BCUT2D eigenvalue weighted by molar-refractivity contribution is 0.0588. The van der Waals surface area contributed by atoms with Crippen molar-refractivity contribution >= 4 is 5.97 Å².